The number of fused-ring (bicyclic) bond motifs is 3. The number of nitrogens with zero attached hydrogens (tertiary/aromatic N) is 2. The lowest BCUT2D eigenvalue weighted by Crippen LogP contribution is -2.50. The highest BCUT2D eigenvalue weighted by Crippen LogP contribution is 2.64. The summed E-state index contributed by atoms with van der Waals surface area (Å²) in [5, 5.41) is 0. The summed E-state index contributed by atoms with van der Waals surface area (Å²) in [6.07, 6.45) is 6.82. The van der Waals surface area contributed by atoms with Gasteiger partial charge >= 0.3 is 0 Å². The van der Waals surface area contributed by atoms with Crippen molar-refractivity contribution >= 4 is 11.4 Å². The predicted molar refractivity (Wildman–Crippen MR) is 152 cm³/mol. The van der Waals surface area contributed by atoms with E-state index >= 15 is 0 Å². The van der Waals surface area contributed by atoms with Crippen LogP contribution in [0.15, 0.2) is 90.3 Å². The molecule has 1 saturated carbocycles. The fraction of sp³-hybridized carbons (Fsp3) is 0.412. The number of hydrogen-bond donors (Lipinski definition) is 0. The fourth-order valence-electron chi connectivity index (χ4n) is 7.68. The van der Waals surface area contributed by atoms with E-state index in [2.05, 4.69) is 123 Å². The predicted octanol–water partition coefficient (Wildman–Crippen LogP) is 8.81. The molecule has 0 bridgehead atoms. The Morgan fingerprint density at radius 2 is 1.31 bits per heavy atom. The van der Waals surface area contributed by atoms with Crippen molar-refractivity contribution in [3.05, 3.63) is 107 Å². The fourth-order valence-corrected chi connectivity index (χ4v) is 7.68. The van der Waals surface area contributed by atoms with Crippen LogP contribution in [0.1, 0.15) is 76.5 Å². The van der Waals surface area contributed by atoms with Crippen LogP contribution < -0.4 is 9.80 Å². The summed E-state index contributed by atoms with van der Waals surface area (Å²) in [4.78, 5) is 5.42. The number of aryl methyl sites for hydroxylation is 1. The number of hydrogen-bond acceptors (Lipinski definition) is 2. The summed E-state index contributed by atoms with van der Waals surface area (Å²) in [5.41, 5.74) is 9.89. The van der Waals surface area contributed by atoms with E-state index in [4.69, 9.17) is 0 Å². The van der Waals surface area contributed by atoms with Gasteiger partial charge in [-0.3, -0.25) is 0 Å². The van der Waals surface area contributed by atoms with Gasteiger partial charge < -0.3 is 9.80 Å². The highest BCUT2D eigenvalue weighted by Gasteiger charge is 2.60. The molecule has 2 aliphatic heterocycles. The van der Waals surface area contributed by atoms with Crippen LogP contribution in [0.25, 0.3) is 0 Å². The van der Waals surface area contributed by atoms with E-state index in [9.17, 15) is 0 Å². The molecule has 0 N–H and O–H groups in total. The minimum absolute atomic E-state index is 0.0394. The molecular weight excluding hydrogens is 436 g/mol. The second kappa shape index (κ2) is 8.54. The standard InChI is InChI=1S/C34H40N2/c1-24-16-12-14-22-29(24)35-25(2)31-34(26-17-8-6-9-18-26,27-19-10-7-11-20-27)28-21-13-15-23-30(28)36(31)32(35)33(3,4)5/h6,8-9,12-18,21-23,27,32H,7,10-11,19-20H2,1-5H3. The molecule has 36 heavy (non-hydrogen) atoms. The molecule has 2 nitrogen and oxygen atoms in total. The maximum Gasteiger partial charge on any atom is 0.115 e. The Balaban J connectivity index is 1.71. The lowest BCUT2D eigenvalue weighted by Gasteiger charge is -2.43. The average molecular weight is 477 g/mol. The first kappa shape index (κ1) is 23.4. The average Bonchev–Trinajstić information content (AvgIpc) is 3.36. The highest BCUT2D eigenvalue weighted by atomic mass is 15.4. The van der Waals surface area contributed by atoms with Crippen LogP contribution in [0.3, 0.4) is 0 Å². The Morgan fingerprint density at radius 3 is 1.97 bits per heavy atom. The van der Waals surface area contributed by atoms with E-state index in [1.165, 1.54) is 71.6 Å². The largest absolute Gasteiger partial charge is 0.322 e. The second-order valence-electron chi connectivity index (χ2n) is 12.2. The van der Waals surface area contributed by atoms with Gasteiger partial charge in [0, 0.05) is 22.5 Å². The summed E-state index contributed by atoms with van der Waals surface area (Å²) >= 11 is 0. The van der Waals surface area contributed by atoms with Crippen LogP contribution in [0, 0.1) is 18.3 Å². The molecule has 186 valence electrons. The molecule has 3 aromatic carbocycles. The summed E-state index contributed by atoms with van der Waals surface area (Å²) in [6, 6.07) is 29.7. The SMILES string of the molecule is CC1=C2N(c3ccccc3C2(c2ccccc2)C2CCCCC2)C(C(C)(C)C)N1c1ccccc1C. The first-order valence-corrected chi connectivity index (χ1v) is 13.9. The molecule has 3 aromatic rings. The van der Waals surface area contributed by atoms with E-state index in [0.29, 0.717) is 5.92 Å². The van der Waals surface area contributed by atoms with Crippen LogP contribution in [-0.4, -0.2) is 6.17 Å². The van der Waals surface area contributed by atoms with Crippen LogP contribution in [0.5, 0.6) is 0 Å². The zero-order valence-corrected chi connectivity index (χ0v) is 22.6. The van der Waals surface area contributed by atoms with Gasteiger partial charge in [-0.25, -0.2) is 0 Å². The van der Waals surface area contributed by atoms with Crippen molar-refractivity contribution in [1.29, 1.82) is 0 Å². The summed E-state index contributed by atoms with van der Waals surface area (Å²) in [7, 11) is 0. The molecule has 0 radical (unpaired) electrons. The minimum Gasteiger partial charge on any atom is -0.322 e. The van der Waals surface area contributed by atoms with Gasteiger partial charge in [-0.1, -0.05) is 107 Å². The zero-order valence-electron chi connectivity index (χ0n) is 22.6. The molecule has 6 rings (SSSR count). The van der Waals surface area contributed by atoms with Gasteiger partial charge in [0.25, 0.3) is 0 Å². The lowest BCUT2D eigenvalue weighted by atomic mass is 9.60. The van der Waals surface area contributed by atoms with Crippen LogP contribution in [-0.2, 0) is 5.41 Å². The Labute approximate surface area is 217 Å². The van der Waals surface area contributed by atoms with Crippen molar-refractivity contribution in [2.45, 2.75) is 78.3 Å². The Bertz CT molecular complexity index is 1290. The summed E-state index contributed by atoms with van der Waals surface area (Å²) in [5.74, 6) is 0.599. The van der Waals surface area contributed by atoms with E-state index in [-0.39, 0.29) is 17.0 Å². The molecule has 0 amide bonds. The maximum absolute atomic E-state index is 2.75. The van der Waals surface area contributed by atoms with Gasteiger partial charge in [0.1, 0.15) is 6.17 Å². The van der Waals surface area contributed by atoms with E-state index in [1.54, 1.807) is 0 Å². The van der Waals surface area contributed by atoms with E-state index in [0.717, 1.165) is 0 Å². The second-order valence-corrected chi connectivity index (χ2v) is 12.2. The van der Waals surface area contributed by atoms with Crippen LogP contribution >= 0.6 is 0 Å². The van der Waals surface area contributed by atoms with Crippen molar-refractivity contribution < 1.29 is 0 Å². The molecule has 2 unspecified atom stereocenters. The van der Waals surface area contributed by atoms with Gasteiger partial charge in [-0.15, -0.1) is 0 Å². The Kier molecular flexibility index (Phi) is 5.55. The minimum atomic E-state index is -0.122. The van der Waals surface area contributed by atoms with Crippen LogP contribution in [0.4, 0.5) is 11.4 Å². The molecule has 0 saturated heterocycles. The van der Waals surface area contributed by atoms with Gasteiger partial charge in [0.2, 0.25) is 0 Å². The molecule has 1 fully saturated rings. The third kappa shape index (κ3) is 3.23. The van der Waals surface area contributed by atoms with Gasteiger partial charge in [0.05, 0.1) is 11.1 Å². The van der Waals surface area contributed by atoms with E-state index < -0.39 is 0 Å². The molecular formula is C34H40N2. The number of rotatable bonds is 3. The van der Waals surface area contributed by atoms with Gasteiger partial charge in [-0.2, -0.15) is 0 Å². The normalized spacial score (nSPS) is 24.3. The molecule has 2 heteroatoms. The van der Waals surface area contributed by atoms with Crippen molar-refractivity contribution in [1.82, 2.24) is 0 Å². The smallest absolute Gasteiger partial charge is 0.115 e. The van der Waals surface area contributed by atoms with Crippen molar-refractivity contribution in [3.8, 4) is 0 Å². The quantitative estimate of drug-likeness (QED) is 0.373. The Morgan fingerprint density at radius 1 is 0.694 bits per heavy atom. The topological polar surface area (TPSA) is 6.48 Å². The Hall–Kier alpha value is -3.00. The molecule has 2 heterocycles. The van der Waals surface area contributed by atoms with Crippen LogP contribution in [0.2, 0.25) is 0 Å². The maximum atomic E-state index is 2.75. The van der Waals surface area contributed by atoms with Crippen molar-refractivity contribution in [2.75, 3.05) is 9.80 Å². The molecule has 2 atom stereocenters. The molecule has 0 aromatic heterocycles. The first-order valence-electron chi connectivity index (χ1n) is 13.9. The van der Waals surface area contributed by atoms with Crippen molar-refractivity contribution in [3.63, 3.8) is 0 Å². The monoisotopic (exact) mass is 476 g/mol. The number of anilines is 2. The summed E-state index contributed by atoms with van der Waals surface area (Å²) in [6.45, 7) is 11.9. The third-order valence-corrected chi connectivity index (χ3v) is 8.99. The first-order chi connectivity index (χ1) is 17.4. The van der Waals surface area contributed by atoms with E-state index in [1.807, 2.05) is 0 Å². The van der Waals surface area contributed by atoms with Gasteiger partial charge in [-0.05, 0) is 61.4 Å². The number of benzene rings is 3. The number of allylic oxidation sites excluding steroid dienone is 2. The third-order valence-electron chi connectivity index (χ3n) is 8.99. The highest BCUT2D eigenvalue weighted by molar-refractivity contribution is 5.82. The summed E-state index contributed by atoms with van der Waals surface area (Å²) < 4.78 is 0. The molecule has 1 aliphatic carbocycles. The molecule has 0 spiro atoms. The molecule has 3 aliphatic rings. The van der Waals surface area contributed by atoms with Crippen molar-refractivity contribution in [2.24, 2.45) is 11.3 Å². The number of para-hydroxylation sites is 2. The lowest BCUT2D eigenvalue weighted by molar-refractivity contribution is 0.267. The van der Waals surface area contributed by atoms with Gasteiger partial charge in [0.15, 0.2) is 0 Å². The zero-order chi connectivity index (χ0) is 25.1.